The van der Waals surface area contributed by atoms with Crippen LogP contribution in [0, 0.1) is 0 Å². The molecule has 0 saturated heterocycles. The number of amides is 1. The van der Waals surface area contributed by atoms with Crippen LogP contribution in [0.1, 0.15) is 17.3 Å². The fraction of sp³-hybridized carbons (Fsp3) is 0.160. The minimum absolute atomic E-state index is 0.243. The first-order valence-corrected chi connectivity index (χ1v) is 9.70. The zero-order valence-corrected chi connectivity index (χ0v) is 17.0. The highest BCUT2D eigenvalue weighted by molar-refractivity contribution is 6.05. The van der Waals surface area contributed by atoms with E-state index in [-0.39, 0.29) is 5.91 Å². The zero-order valence-electron chi connectivity index (χ0n) is 17.0. The molecule has 0 atom stereocenters. The van der Waals surface area contributed by atoms with Crippen LogP contribution in [0.5, 0.6) is 17.2 Å². The monoisotopic (exact) mass is 403 g/mol. The fourth-order valence-corrected chi connectivity index (χ4v) is 2.65. The van der Waals surface area contributed by atoms with Crippen molar-refractivity contribution in [3.05, 3.63) is 96.6 Å². The third-order valence-corrected chi connectivity index (χ3v) is 4.07. The Labute approximate surface area is 176 Å². The molecule has 0 bridgehead atoms. The van der Waals surface area contributed by atoms with Gasteiger partial charge in [-0.2, -0.15) is 0 Å². The van der Waals surface area contributed by atoms with E-state index in [0.29, 0.717) is 42.6 Å². The Morgan fingerprint density at radius 1 is 0.833 bits per heavy atom. The molecule has 0 radical (unpaired) electrons. The van der Waals surface area contributed by atoms with Gasteiger partial charge in [0.15, 0.2) is 0 Å². The lowest BCUT2D eigenvalue weighted by atomic mass is 10.2. The summed E-state index contributed by atoms with van der Waals surface area (Å²) in [6.45, 7) is 6.89. The number of hydrogen-bond donors (Lipinski definition) is 1. The summed E-state index contributed by atoms with van der Waals surface area (Å²) >= 11 is 0. The van der Waals surface area contributed by atoms with Gasteiger partial charge in [-0.1, -0.05) is 43.0 Å². The summed E-state index contributed by atoms with van der Waals surface area (Å²) in [4.78, 5) is 12.7. The van der Waals surface area contributed by atoms with Gasteiger partial charge in [0.1, 0.15) is 37.1 Å². The molecular formula is C25H25NO4. The average molecular weight is 403 g/mol. The molecule has 0 aromatic heterocycles. The highest BCUT2D eigenvalue weighted by Gasteiger charge is 2.11. The maximum absolute atomic E-state index is 12.7. The number of nitrogens with one attached hydrogen (secondary N) is 1. The van der Waals surface area contributed by atoms with Crippen LogP contribution in [-0.4, -0.2) is 25.7 Å². The molecule has 5 nitrogen and oxygen atoms in total. The summed E-state index contributed by atoms with van der Waals surface area (Å²) in [7, 11) is 0. The van der Waals surface area contributed by atoms with E-state index in [9.17, 15) is 4.79 Å². The molecule has 0 heterocycles. The van der Waals surface area contributed by atoms with E-state index in [1.807, 2.05) is 61.5 Å². The van der Waals surface area contributed by atoms with Crippen molar-refractivity contribution < 1.29 is 19.0 Å². The number of carbonyl (C=O) groups is 1. The van der Waals surface area contributed by atoms with Crippen LogP contribution in [0.2, 0.25) is 0 Å². The SMILES string of the molecule is C=C(C)COc1ccccc1NC(=O)c1cccc(OCCOc2ccccc2)c1. The maximum Gasteiger partial charge on any atom is 0.255 e. The van der Waals surface area contributed by atoms with Crippen molar-refractivity contribution >= 4 is 11.6 Å². The molecule has 1 amide bonds. The van der Waals surface area contributed by atoms with Gasteiger partial charge in [-0.05, 0) is 55.0 Å². The minimum Gasteiger partial charge on any atom is -0.490 e. The van der Waals surface area contributed by atoms with Crippen molar-refractivity contribution in [3.8, 4) is 17.2 Å². The molecule has 3 rings (SSSR count). The second-order valence-electron chi connectivity index (χ2n) is 6.73. The quantitative estimate of drug-likeness (QED) is 0.366. The highest BCUT2D eigenvalue weighted by atomic mass is 16.5. The highest BCUT2D eigenvalue weighted by Crippen LogP contribution is 2.25. The summed E-state index contributed by atoms with van der Waals surface area (Å²) in [5, 5.41) is 2.89. The van der Waals surface area contributed by atoms with Gasteiger partial charge in [0.2, 0.25) is 0 Å². The first-order chi connectivity index (χ1) is 14.6. The molecule has 1 N–H and O–H groups in total. The van der Waals surface area contributed by atoms with Crippen LogP contribution < -0.4 is 19.5 Å². The van der Waals surface area contributed by atoms with Crippen molar-refractivity contribution in [2.45, 2.75) is 6.92 Å². The lowest BCUT2D eigenvalue weighted by Crippen LogP contribution is -2.14. The normalized spacial score (nSPS) is 10.2. The number of hydrogen-bond acceptors (Lipinski definition) is 4. The average Bonchev–Trinajstić information content (AvgIpc) is 2.77. The van der Waals surface area contributed by atoms with Gasteiger partial charge in [-0.15, -0.1) is 0 Å². The Hall–Kier alpha value is -3.73. The number of ether oxygens (including phenoxy) is 3. The van der Waals surface area contributed by atoms with Gasteiger partial charge in [0, 0.05) is 5.56 Å². The maximum atomic E-state index is 12.7. The summed E-state index contributed by atoms with van der Waals surface area (Å²) in [6.07, 6.45) is 0. The fourth-order valence-electron chi connectivity index (χ4n) is 2.65. The number of para-hydroxylation sites is 3. The molecule has 3 aromatic carbocycles. The van der Waals surface area contributed by atoms with E-state index in [0.717, 1.165) is 11.3 Å². The molecule has 5 heteroatoms. The first-order valence-electron chi connectivity index (χ1n) is 9.70. The van der Waals surface area contributed by atoms with Crippen molar-refractivity contribution in [1.29, 1.82) is 0 Å². The summed E-state index contributed by atoms with van der Waals surface area (Å²) in [5.74, 6) is 1.75. The molecule has 0 aliphatic carbocycles. The van der Waals surface area contributed by atoms with Crippen molar-refractivity contribution in [1.82, 2.24) is 0 Å². The van der Waals surface area contributed by atoms with Crippen LogP contribution in [0.4, 0.5) is 5.69 Å². The Kier molecular flexibility index (Phi) is 7.50. The number of carbonyl (C=O) groups excluding carboxylic acids is 1. The van der Waals surface area contributed by atoms with E-state index < -0.39 is 0 Å². The topological polar surface area (TPSA) is 56.8 Å². The Bertz CT molecular complexity index is 985. The van der Waals surface area contributed by atoms with Crippen LogP contribution in [0.3, 0.4) is 0 Å². The molecule has 30 heavy (non-hydrogen) atoms. The Morgan fingerprint density at radius 3 is 2.27 bits per heavy atom. The predicted octanol–water partition coefficient (Wildman–Crippen LogP) is 5.35. The Balaban J connectivity index is 1.56. The lowest BCUT2D eigenvalue weighted by Gasteiger charge is -2.13. The van der Waals surface area contributed by atoms with E-state index in [1.54, 1.807) is 24.3 Å². The minimum atomic E-state index is -0.243. The molecule has 154 valence electrons. The van der Waals surface area contributed by atoms with E-state index in [4.69, 9.17) is 14.2 Å². The number of rotatable bonds is 10. The molecular weight excluding hydrogens is 378 g/mol. The molecule has 0 aliphatic rings. The third kappa shape index (κ3) is 6.41. The van der Waals surface area contributed by atoms with Crippen LogP contribution >= 0.6 is 0 Å². The summed E-state index contributed by atoms with van der Waals surface area (Å²) < 4.78 is 17.0. The van der Waals surface area contributed by atoms with Crippen molar-refractivity contribution in [2.75, 3.05) is 25.1 Å². The molecule has 0 saturated carbocycles. The van der Waals surface area contributed by atoms with Gasteiger partial charge < -0.3 is 19.5 Å². The zero-order chi connectivity index (χ0) is 21.2. The molecule has 0 spiro atoms. The second-order valence-corrected chi connectivity index (χ2v) is 6.73. The van der Waals surface area contributed by atoms with Gasteiger partial charge in [-0.25, -0.2) is 0 Å². The van der Waals surface area contributed by atoms with Gasteiger partial charge in [-0.3, -0.25) is 4.79 Å². The standard InChI is InChI=1S/C25H25NO4/c1-19(2)18-30-24-14-7-6-13-23(24)26-25(27)20-9-8-12-22(17-20)29-16-15-28-21-10-4-3-5-11-21/h3-14,17H,1,15-16,18H2,2H3,(H,26,27). The summed E-state index contributed by atoms with van der Waals surface area (Å²) in [6, 6.07) is 23.9. The molecule has 0 fully saturated rings. The predicted molar refractivity (Wildman–Crippen MR) is 119 cm³/mol. The van der Waals surface area contributed by atoms with Crippen LogP contribution in [-0.2, 0) is 0 Å². The van der Waals surface area contributed by atoms with Crippen LogP contribution in [0.15, 0.2) is 91.0 Å². The van der Waals surface area contributed by atoms with Crippen molar-refractivity contribution in [2.24, 2.45) is 0 Å². The second kappa shape index (κ2) is 10.7. The first kappa shape index (κ1) is 21.0. The largest absolute Gasteiger partial charge is 0.490 e. The van der Waals surface area contributed by atoms with Gasteiger partial charge in [0.25, 0.3) is 5.91 Å². The Morgan fingerprint density at radius 2 is 1.50 bits per heavy atom. The van der Waals surface area contributed by atoms with Gasteiger partial charge in [0.05, 0.1) is 5.69 Å². The third-order valence-electron chi connectivity index (χ3n) is 4.07. The molecule has 0 unspecified atom stereocenters. The van der Waals surface area contributed by atoms with E-state index in [2.05, 4.69) is 11.9 Å². The summed E-state index contributed by atoms with van der Waals surface area (Å²) in [5.41, 5.74) is 2.00. The van der Waals surface area contributed by atoms with Crippen LogP contribution in [0.25, 0.3) is 0 Å². The van der Waals surface area contributed by atoms with Crippen molar-refractivity contribution in [3.63, 3.8) is 0 Å². The van der Waals surface area contributed by atoms with E-state index >= 15 is 0 Å². The lowest BCUT2D eigenvalue weighted by molar-refractivity contribution is 0.102. The molecule has 3 aromatic rings. The van der Waals surface area contributed by atoms with E-state index in [1.165, 1.54) is 0 Å². The van der Waals surface area contributed by atoms with Gasteiger partial charge >= 0.3 is 0 Å². The number of anilines is 1. The molecule has 0 aliphatic heterocycles. The number of benzene rings is 3. The smallest absolute Gasteiger partial charge is 0.255 e.